The number of likely N-dealkylation sites (tertiary alicyclic amines) is 1. The Hall–Kier alpha value is 0. The van der Waals surface area contributed by atoms with Crippen molar-refractivity contribution in [3.05, 3.63) is 0 Å². The summed E-state index contributed by atoms with van der Waals surface area (Å²) in [7, 11) is 2.18. The molecule has 0 spiro atoms. The van der Waals surface area contributed by atoms with E-state index in [-0.39, 0.29) is 24.0 Å². The minimum atomic E-state index is 0. The van der Waals surface area contributed by atoms with E-state index in [4.69, 9.17) is 0 Å². The van der Waals surface area contributed by atoms with E-state index >= 15 is 0 Å². The maximum absolute atomic E-state index is 4.63. The predicted octanol–water partition coefficient (Wildman–Crippen LogP) is 2.42. The highest BCUT2D eigenvalue weighted by molar-refractivity contribution is 14.0. The van der Waals surface area contributed by atoms with E-state index in [1.165, 1.54) is 51.2 Å². The molecule has 4 heteroatoms. The Kier molecular flexibility index (Phi) is 4.55. The molecule has 2 fully saturated rings. The lowest BCUT2D eigenvalue weighted by Gasteiger charge is -2.25. The zero-order valence-corrected chi connectivity index (χ0v) is 13.1. The summed E-state index contributed by atoms with van der Waals surface area (Å²) in [5.41, 5.74) is 0. The third-order valence-corrected chi connectivity index (χ3v) is 4.60. The van der Waals surface area contributed by atoms with Gasteiger partial charge in [-0.15, -0.1) is 24.0 Å². The van der Waals surface area contributed by atoms with Crippen LogP contribution in [0.25, 0.3) is 0 Å². The van der Waals surface area contributed by atoms with Crippen LogP contribution in [0.5, 0.6) is 0 Å². The molecule has 0 amide bonds. The molecule has 3 rings (SSSR count). The monoisotopic (exact) mass is 349 g/mol. The third-order valence-electron chi connectivity index (χ3n) is 4.60. The topological polar surface area (TPSA) is 18.8 Å². The summed E-state index contributed by atoms with van der Waals surface area (Å²) in [6.45, 7) is 4.62. The summed E-state index contributed by atoms with van der Waals surface area (Å²) in [5, 5.41) is 0. The minimum Gasteiger partial charge on any atom is -0.344 e. The van der Waals surface area contributed by atoms with Crippen molar-refractivity contribution in [1.82, 2.24) is 9.80 Å². The maximum atomic E-state index is 4.63. The van der Waals surface area contributed by atoms with E-state index in [0.717, 1.165) is 24.9 Å². The Morgan fingerprint density at radius 3 is 2.47 bits per heavy atom. The van der Waals surface area contributed by atoms with E-state index in [9.17, 15) is 0 Å². The first kappa shape index (κ1) is 13.4. The Balaban J connectivity index is 0.00000108. The van der Waals surface area contributed by atoms with Crippen molar-refractivity contribution < 1.29 is 0 Å². The smallest absolute Gasteiger partial charge is 0.196 e. The second kappa shape index (κ2) is 5.76. The number of hydrogen-bond acceptors (Lipinski definition) is 3. The summed E-state index contributed by atoms with van der Waals surface area (Å²) < 4.78 is 0. The summed E-state index contributed by atoms with van der Waals surface area (Å²) in [6, 6.07) is 0. The Bertz CT molecular complexity index is 286. The molecule has 1 atom stereocenters. The van der Waals surface area contributed by atoms with Gasteiger partial charge in [-0.1, -0.05) is 25.7 Å². The van der Waals surface area contributed by atoms with Crippen molar-refractivity contribution in [2.24, 2.45) is 16.8 Å². The summed E-state index contributed by atoms with van der Waals surface area (Å²) in [6.07, 6.45) is 7.32. The Labute approximate surface area is 122 Å². The SMILES string of the molecule is CN1CCN=C1N1CCC(C2CCCC2)C1.I. The lowest BCUT2D eigenvalue weighted by atomic mass is 9.90. The summed E-state index contributed by atoms with van der Waals surface area (Å²) in [4.78, 5) is 9.47. The van der Waals surface area contributed by atoms with Gasteiger partial charge in [0.25, 0.3) is 0 Å². The Morgan fingerprint density at radius 1 is 1.06 bits per heavy atom. The number of hydrogen-bond donors (Lipinski definition) is 0. The highest BCUT2D eigenvalue weighted by atomic mass is 127. The van der Waals surface area contributed by atoms with Crippen LogP contribution < -0.4 is 0 Å². The van der Waals surface area contributed by atoms with Crippen LogP contribution in [0, 0.1) is 11.8 Å². The van der Waals surface area contributed by atoms with Crippen molar-refractivity contribution in [3.8, 4) is 0 Å². The molecule has 3 aliphatic rings. The van der Waals surface area contributed by atoms with Gasteiger partial charge in [0.15, 0.2) is 5.96 Å². The molecule has 1 aliphatic carbocycles. The quantitative estimate of drug-likeness (QED) is 0.677. The van der Waals surface area contributed by atoms with Crippen LogP contribution in [0.15, 0.2) is 4.99 Å². The molecule has 0 N–H and O–H groups in total. The van der Waals surface area contributed by atoms with E-state index in [2.05, 4.69) is 21.8 Å². The molecule has 0 bridgehead atoms. The fraction of sp³-hybridized carbons (Fsp3) is 0.923. The minimum absolute atomic E-state index is 0. The molecule has 0 radical (unpaired) electrons. The molecule has 2 heterocycles. The van der Waals surface area contributed by atoms with Crippen molar-refractivity contribution >= 4 is 29.9 Å². The number of guanidine groups is 1. The lowest BCUT2D eigenvalue weighted by molar-refractivity contribution is 0.335. The van der Waals surface area contributed by atoms with E-state index in [0.29, 0.717) is 0 Å². The zero-order valence-electron chi connectivity index (χ0n) is 10.8. The molecule has 3 nitrogen and oxygen atoms in total. The van der Waals surface area contributed by atoms with Gasteiger partial charge in [-0.05, 0) is 18.3 Å². The van der Waals surface area contributed by atoms with Crippen molar-refractivity contribution in [2.75, 3.05) is 33.2 Å². The molecule has 1 saturated heterocycles. The van der Waals surface area contributed by atoms with Gasteiger partial charge in [-0.25, -0.2) is 0 Å². The highest BCUT2D eigenvalue weighted by Gasteiger charge is 2.33. The lowest BCUT2D eigenvalue weighted by Crippen LogP contribution is -2.38. The highest BCUT2D eigenvalue weighted by Crippen LogP contribution is 2.36. The van der Waals surface area contributed by atoms with E-state index < -0.39 is 0 Å². The second-order valence-corrected chi connectivity index (χ2v) is 5.64. The molecule has 98 valence electrons. The number of likely N-dealkylation sites (N-methyl/N-ethyl adjacent to an activating group) is 1. The molecular formula is C13H24IN3. The standard InChI is InChI=1S/C13H23N3.HI/c1-15-9-7-14-13(15)16-8-6-12(10-16)11-4-2-3-5-11;/h11-12H,2-10H2,1H3;1H. The molecule has 0 aromatic carbocycles. The van der Waals surface area contributed by atoms with Crippen molar-refractivity contribution in [2.45, 2.75) is 32.1 Å². The van der Waals surface area contributed by atoms with Gasteiger partial charge in [0.2, 0.25) is 0 Å². The van der Waals surface area contributed by atoms with Gasteiger partial charge in [0.05, 0.1) is 6.54 Å². The van der Waals surface area contributed by atoms with Gasteiger partial charge in [0, 0.05) is 26.7 Å². The van der Waals surface area contributed by atoms with Gasteiger partial charge in [0.1, 0.15) is 0 Å². The van der Waals surface area contributed by atoms with E-state index in [1.54, 1.807) is 0 Å². The summed E-state index contributed by atoms with van der Waals surface area (Å²) >= 11 is 0. The van der Waals surface area contributed by atoms with Crippen LogP contribution >= 0.6 is 24.0 Å². The molecule has 17 heavy (non-hydrogen) atoms. The van der Waals surface area contributed by atoms with Crippen LogP contribution in [-0.4, -0.2) is 49.0 Å². The average molecular weight is 349 g/mol. The molecule has 1 unspecified atom stereocenters. The van der Waals surface area contributed by atoms with Crippen LogP contribution in [0.1, 0.15) is 32.1 Å². The van der Waals surface area contributed by atoms with Gasteiger partial charge in [-0.3, -0.25) is 4.99 Å². The molecule has 1 saturated carbocycles. The largest absolute Gasteiger partial charge is 0.344 e. The first-order valence-electron chi connectivity index (χ1n) is 6.85. The molecule has 0 aromatic heterocycles. The number of nitrogens with zero attached hydrogens (tertiary/aromatic N) is 3. The molecular weight excluding hydrogens is 325 g/mol. The second-order valence-electron chi connectivity index (χ2n) is 5.64. The van der Waals surface area contributed by atoms with Gasteiger partial charge in [-0.2, -0.15) is 0 Å². The number of rotatable bonds is 1. The number of halogens is 1. The maximum Gasteiger partial charge on any atom is 0.196 e. The fourth-order valence-corrected chi connectivity index (χ4v) is 3.64. The average Bonchev–Trinajstić information content (AvgIpc) is 2.96. The van der Waals surface area contributed by atoms with Crippen LogP contribution in [0.4, 0.5) is 0 Å². The van der Waals surface area contributed by atoms with Crippen LogP contribution in [-0.2, 0) is 0 Å². The normalized spacial score (nSPS) is 29.7. The molecule has 0 aromatic rings. The Morgan fingerprint density at radius 2 is 1.82 bits per heavy atom. The summed E-state index contributed by atoms with van der Waals surface area (Å²) in [5.74, 6) is 3.25. The molecule has 2 aliphatic heterocycles. The van der Waals surface area contributed by atoms with Crippen LogP contribution in [0.3, 0.4) is 0 Å². The van der Waals surface area contributed by atoms with Crippen molar-refractivity contribution in [1.29, 1.82) is 0 Å². The van der Waals surface area contributed by atoms with E-state index in [1.807, 2.05) is 0 Å². The predicted molar refractivity (Wildman–Crippen MR) is 82.0 cm³/mol. The zero-order chi connectivity index (χ0) is 11.0. The van der Waals surface area contributed by atoms with Crippen LogP contribution in [0.2, 0.25) is 0 Å². The third kappa shape index (κ3) is 2.71. The first-order valence-corrected chi connectivity index (χ1v) is 6.85. The number of aliphatic imine (C=N–C) groups is 1. The van der Waals surface area contributed by atoms with Crippen molar-refractivity contribution in [3.63, 3.8) is 0 Å². The van der Waals surface area contributed by atoms with Gasteiger partial charge >= 0.3 is 0 Å². The van der Waals surface area contributed by atoms with Gasteiger partial charge < -0.3 is 9.80 Å². The first-order chi connectivity index (χ1) is 7.84. The fourth-order valence-electron chi connectivity index (χ4n) is 3.64.